The maximum Gasteiger partial charge on any atom is 0.475 e. The van der Waals surface area contributed by atoms with Crippen LogP contribution in [0.25, 0.3) is 0 Å². The Hall–Kier alpha value is 0.460. The molecule has 18 heavy (non-hydrogen) atoms. The van der Waals surface area contributed by atoms with Gasteiger partial charge in [-0.15, -0.1) is 0 Å². The summed E-state index contributed by atoms with van der Waals surface area (Å²) in [7, 11) is -3.36. The fraction of sp³-hybridized carbons (Fsp3) is 1.00. The number of rotatable bonds is 8. The first kappa shape index (κ1) is 16.5. The third-order valence-electron chi connectivity index (χ3n) is 2.86. The Morgan fingerprint density at radius 3 is 2.28 bits per heavy atom. The molecule has 0 spiro atoms. The molecule has 0 radical (unpaired) electrons. The van der Waals surface area contributed by atoms with Crippen molar-refractivity contribution in [1.82, 2.24) is 0 Å². The lowest BCUT2D eigenvalue weighted by Crippen LogP contribution is -2.30. The van der Waals surface area contributed by atoms with E-state index in [0.717, 1.165) is 25.0 Å². The van der Waals surface area contributed by atoms with Crippen LogP contribution < -0.4 is 0 Å². The van der Waals surface area contributed by atoms with Crippen molar-refractivity contribution in [2.75, 3.05) is 19.0 Å². The first-order valence-corrected chi connectivity index (χ1v) is 9.35. The van der Waals surface area contributed by atoms with Crippen molar-refractivity contribution in [3.8, 4) is 0 Å². The number of hydrogen-bond acceptors (Lipinski definition) is 5. The van der Waals surface area contributed by atoms with Gasteiger partial charge in [0, 0.05) is 5.25 Å². The Balaban J connectivity index is 2.62. The second-order valence-corrected chi connectivity index (χ2v) is 7.34. The van der Waals surface area contributed by atoms with Gasteiger partial charge in [0.1, 0.15) is 0 Å². The fourth-order valence-corrected chi connectivity index (χ4v) is 4.83. The molecule has 0 bridgehead atoms. The predicted octanol–water partition coefficient (Wildman–Crippen LogP) is 4.25. The van der Waals surface area contributed by atoms with Crippen molar-refractivity contribution in [2.45, 2.75) is 57.8 Å². The zero-order valence-electron chi connectivity index (χ0n) is 11.6. The highest BCUT2D eigenvalue weighted by atomic mass is 32.2. The molecule has 0 saturated heterocycles. The number of hydrogen-bond donors (Lipinski definition) is 0. The summed E-state index contributed by atoms with van der Waals surface area (Å²) in [6.07, 6.45) is 4.42. The summed E-state index contributed by atoms with van der Waals surface area (Å²) in [5.41, 5.74) is 0. The van der Waals surface area contributed by atoms with Crippen LogP contribution in [0, 0.1) is 0 Å². The molecule has 0 aromatic rings. The van der Waals surface area contributed by atoms with Gasteiger partial charge in [0.2, 0.25) is 0 Å². The molecule has 0 amide bonds. The van der Waals surface area contributed by atoms with Crippen molar-refractivity contribution in [2.24, 2.45) is 0 Å². The van der Waals surface area contributed by atoms with Gasteiger partial charge >= 0.3 is 7.82 Å². The van der Waals surface area contributed by atoms with Gasteiger partial charge in [0.25, 0.3) is 0 Å². The molecule has 0 N–H and O–H groups in total. The Bertz CT molecular complexity index is 263. The highest BCUT2D eigenvalue weighted by Gasteiger charge is 2.35. The normalized spacial score (nSPS) is 25.3. The first-order chi connectivity index (χ1) is 8.65. The smallest absolute Gasteiger partial charge is 0.287 e. The van der Waals surface area contributed by atoms with Gasteiger partial charge < -0.3 is 0 Å². The molecule has 4 nitrogen and oxygen atoms in total. The highest BCUT2D eigenvalue weighted by molar-refractivity contribution is 7.99. The average Bonchev–Trinajstić information content (AvgIpc) is 2.32. The quantitative estimate of drug-likeness (QED) is 0.627. The van der Waals surface area contributed by atoms with Crippen molar-refractivity contribution in [3.63, 3.8) is 0 Å². The van der Waals surface area contributed by atoms with E-state index in [1.165, 1.54) is 6.42 Å². The minimum absolute atomic E-state index is 0.00682. The minimum Gasteiger partial charge on any atom is -0.287 e. The first-order valence-electron chi connectivity index (χ1n) is 6.84. The molecule has 1 aliphatic rings. The summed E-state index contributed by atoms with van der Waals surface area (Å²) in [5, 5.41) is 0.415. The summed E-state index contributed by atoms with van der Waals surface area (Å²) < 4.78 is 28.5. The van der Waals surface area contributed by atoms with Crippen LogP contribution in [0.15, 0.2) is 0 Å². The van der Waals surface area contributed by atoms with E-state index in [-0.39, 0.29) is 6.10 Å². The highest BCUT2D eigenvalue weighted by Crippen LogP contribution is 2.52. The molecule has 0 unspecified atom stereocenters. The van der Waals surface area contributed by atoms with E-state index >= 15 is 0 Å². The molecular weight excluding hydrogens is 271 g/mol. The lowest BCUT2D eigenvalue weighted by Gasteiger charge is -2.32. The van der Waals surface area contributed by atoms with Crippen LogP contribution in [0.1, 0.15) is 46.5 Å². The van der Waals surface area contributed by atoms with E-state index < -0.39 is 7.82 Å². The van der Waals surface area contributed by atoms with Crippen LogP contribution in [0.2, 0.25) is 0 Å². The SMILES string of the molecule is CCOP(=O)(OCC)O[C@H]1CCCC[C@H]1SCC. The lowest BCUT2D eigenvalue weighted by atomic mass is 9.97. The maximum atomic E-state index is 12.4. The minimum atomic E-state index is -3.36. The van der Waals surface area contributed by atoms with Crippen LogP contribution in [0.4, 0.5) is 0 Å². The Morgan fingerprint density at radius 1 is 1.11 bits per heavy atom. The van der Waals surface area contributed by atoms with E-state index in [4.69, 9.17) is 13.6 Å². The molecule has 1 saturated carbocycles. The number of phosphoric ester groups is 1. The van der Waals surface area contributed by atoms with Crippen LogP contribution in [-0.2, 0) is 18.1 Å². The average molecular weight is 296 g/mol. The molecule has 0 aliphatic heterocycles. The van der Waals surface area contributed by atoms with Crippen molar-refractivity contribution < 1.29 is 18.1 Å². The third-order valence-corrected chi connectivity index (χ3v) is 5.84. The molecule has 108 valence electrons. The van der Waals surface area contributed by atoms with Gasteiger partial charge in [0.15, 0.2) is 0 Å². The van der Waals surface area contributed by atoms with Gasteiger partial charge in [-0.3, -0.25) is 13.6 Å². The molecule has 1 rings (SSSR count). The molecule has 1 fully saturated rings. The summed E-state index contributed by atoms with van der Waals surface area (Å²) in [4.78, 5) is 0. The predicted molar refractivity (Wildman–Crippen MR) is 76.1 cm³/mol. The lowest BCUT2D eigenvalue weighted by molar-refractivity contribution is 0.0695. The molecule has 0 heterocycles. The summed E-state index contributed by atoms with van der Waals surface area (Å²) in [6, 6.07) is 0. The van der Waals surface area contributed by atoms with Gasteiger partial charge in [0.05, 0.1) is 19.3 Å². The molecule has 2 atom stereocenters. The van der Waals surface area contributed by atoms with E-state index in [1.807, 2.05) is 11.8 Å². The van der Waals surface area contributed by atoms with Gasteiger partial charge in [-0.2, -0.15) is 11.8 Å². The third kappa shape index (κ3) is 5.22. The molecule has 0 aromatic heterocycles. The molecule has 1 aliphatic carbocycles. The standard InChI is InChI=1S/C12H25O4PS/c1-4-14-17(13,15-5-2)16-11-9-7-8-10-12(11)18-6-3/h11-12H,4-10H2,1-3H3/t11-,12+/m0/s1. The Labute approximate surface area is 115 Å². The van der Waals surface area contributed by atoms with Crippen molar-refractivity contribution in [3.05, 3.63) is 0 Å². The number of thioether (sulfide) groups is 1. The second-order valence-electron chi connectivity index (χ2n) is 4.20. The maximum absolute atomic E-state index is 12.4. The monoisotopic (exact) mass is 296 g/mol. The summed E-state index contributed by atoms with van der Waals surface area (Å²) in [6.45, 7) is 6.43. The van der Waals surface area contributed by atoms with Crippen LogP contribution in [0.3, 0.4) is 0 Å². The van der Waals surface area contributed by atoms with Crippen molar-refractivity contribution in [1.29, 1.82) is 0 Å². The molecule has 0 aromatic carbocycles. The largest absolute Gasteiger partial charge is 0.475 e. The summed E-state index contributed by atoms with van der Waals surface area (Å²) >= 11 is 1.88. The zero-order chi connectivity index (χ0) is 13.4. The zero-order valence-corrected chi connectivity index (χ0v) is 13.3. The molecule has 6 heteroatoms. The summed E-state index contributed by atoms with van der Waals surface area (Å²) in [5.74, 6) is 1.05. The van der Waals surface area contributed by atoms with E-state index in [2.05, 4.69) is 6.92 Å². The topological polar surface area (TPSA) is 44.8 Å². The van der Waals surface area contributed by atoms with Crippen LogP contribution in [-0.4, -0.2) is 30.3 Å². The van der Waals surface area contributed by atoms with Crippen molar-refractivity contribution >= 4 is 19.6 Å². The molecular formula is C12H25O4PS. The number of phosphoric acid groups is 1. The Morgan fingerprint density at radius 2 is 1.72 bits per heavy atom. The van der Waals surface area contributed by atoms with E-state index in [0.29, 0.717) is 18.5 Å². The fourth-order valence-electron chi connectivity index (χ4n) is 2.17. The van der Waals surface area contributed by atoms with E-state index in [1.54, 1.807) is 13.8 Å². The second kappa shape index (κ2) is 8.60. The van der Waals surface area contributed by atoms with Crippen LogP contribution in [0.5, 0.6) is 0 Å². The Kier molecular flexibility index (Phi) is 7.89. The van der Waals surface area contributed by atoms with Gasteiger partial charge in [-0.25, -0.2) is 4.57 Å². The van der Waals surface area contributed by atoms with Gasteiger partial charge in [-0.05, 0) is 32.4 Å². The van der Waals surface area contributed by atoms with Gasteiger partial charge in [-0.1, -0.05) is 19.8 Å². The van der Waals surface area contributed by atoms with E-state index in [9.17, 15) is 4.57 Å². The van der Waals surface area contributed by atoms with Crippen LogP contribution >= 0.6 is 19.6 Å².